The zero-order chi connectivity index (χ0) is 16.5. The smallest absolute Gasteiger partial charge is 0.262 e. The molecule has 3 heterocycles. The highest BCUT2D eigenvalue weighted by Gasteiger charge is 2.22. The molecule has 0 unspecified atom stereocenters. The van der Waals surface area contributed by atoms with Gasteiger partial charge in [-0.1, -0.05) is 18.2 Å². The van der Waals surface area contributed by atoms with Crippen LogP contribution in [0.4, 0.5) is 11.5 Å². The van der Waals surface area contributed by atoms with Gasteiger partial charge in [-0.15, -0.1) is 0 Å². The van der Waals surface area contributed by atoms with Crippen molar-refractivity contribution in [3.8, 4) is 5.88 Å². The van der Waals surface area contributed by atoms with Crippen LogP contribution in [0.25, 0.3) is 10.8 Å². The van der Waals surface area contributed by atoms with Gasteiger partial charge in [-0.25, -0.2) is 4.98 Å². The van der Waals surface area contributed by atoms with Crippen molar-refractivity contribution in [1.29, 1.82) is 0 Å². The first kappa shape index (κ1) is 14.4. The number of aromatic nitrogens is 3. The predicted octanol–water partition coefficient (Wildman–Crippen LogP) is 2.53. The maximum atomic E-state index is 11.6. The second-order valence-electron chi connectivity index (χ2n) is 5.55. The first-order valence-electron chi connectivity index (χ1n) is 7.59. The molecule has 1 atom stereocenters. The van der Waals surface area contributed by atoms with Crippen molar-refractivity contribution in [1.82, 2.24) is 15.0 Å². The molecule has 1 aliphatic heterocycles. The van der Waals surface area contributed by atoms with Crippen LogP contribution in [-0.2, 0) is 4.79 Å². The fourth-order valence-electron chi connectivity index (χ4n) is 2.82. The number of fused-ring (bicyclic) bond motifs is 2. The lowest BCUT2D eigenvalue weighted by Crippen LogP contribution is -2.27. The van der Waals surface area contributed by atoms with Gasteiger partial charge in [0.25, 0.3) is 5.91 Å². The topological polar surface area (TPSA) is 89.0 Å². The summed E-state index contributed by atoms with van der Waals surface area (Å²) < 4.78 is 5.32. The summed E-state index contributed by atoms with van der Waals surface area (Å²) in [4.78, 5) is 24.0. The maximum absolute atomic E-state index is 11.6. The van der Waals surface area contributed by atoms with Gasteiger partial charge < -0.3 is 15.4 Å². The minimum absolute atomic E-state index is 0.0324. The molecule has 1 aliphatic rings. The van der Waals surface area contributed by atoms with E-state index >= 15 is 0 Å². The van der Waals surface area contributed by atoms with Crippen LogP contribution < -0.4 is 15.4 Å². The molecular formula is C17H15N5O2. The van der Waals surface area contributed by atoms with Gasteiger partial charge in [0.2, 0.25) is 5.88 Å². The molecule has 0 bridgehead atoms. The zero-order valence-electron chi connectivity index (χ0n) is 13.0. The number of nitrogens with zero attached hydrogens (tertiary/aromatic N) is 3. The van der Waals surface area contributed by atoms with Crippen LogP contribution in [0.15, 0.2) is 43.0 Å². The van der Waals surface area contributed by atoms with Crippen LogP contribution in [0.3, 0.4) is 0 Å². The summed E-state index contributed by atoms with van der Waals surface area (Å²) in [7, 11) is 0. The fourth-order valence-corrected chi connectivity index (χ4v) is 2.82. The Bertz CT molecular complexity index is 923. The summed E-state index contributed by atoms with van der Waals surface area (Å²) in [6.07, 6.45) is 5.03. The van der Waals surface area contributed by atoms with Crippen molar-refractivity contribution in [2.45, 2.75) is 13.0 Å². The van der Waals surface area contributed by atoms with Gasteiger partial charge in [-0.2, -0.15) is 4.98 Å². The van der Waals surface area contributed by atoms with Crippen molar-refractivity contribution < 1.29 is 9.53 Å². The van der Waals surface area contributed by atoms with E-state index in [1.807, 2.05) is 31.3 Å². The van der Waals surface area contributed by atoms with Crippen molar-refractivity contribution in [2.75, 3.05) is 17.2 Å². The Labute approximate surface area is 138 Å². The Kier molecular flexibility index (Phi) is 3.45. The van der Waals surface area contributed by atoms with Gasteiger partial charge in [-0.3, -0.25) is 9.78 Å². The largest absolute Gasteiger partial charge is 0.466 e. The molecular weight excluding hydrogens is 306 g/mol. The Hall–Kier alpha value is -3.22. The maximum Gasteiger partial charge on any atom is 0.262 e. The van der Waals surface area contributed by atoms with Gasteiger partial charge >= 0.3 is 0 Å². The van der Waals surface area contributed by atoms with Crippen molar-refractivity contribution in [3.63, 3.8) is 0 Å². The van der Waals surface area contributed by atoms with Crippen LogP contribution in [0.2, 0.25) is 0 Å². The molecule has 2 aromatic heterocycles. The molecule has 7 nitrogen and oxygen atoms in total. The average molecular weight is 321 g/mol. The van der Waals surface area contributed by atoms with E-state index in [1.165, 1.54) is 6.33 Å². The second kappa shape index (κ2) is 5.77. The second-order valence-corrected chi connectivity index (χ2v) is 5.55. The average Bonchev–Trinajstić information content (AvgIpc) is 2.61. The van der Waals surface area contributed by atoms with Crippen molar-refractivity contribution in [2.24, 2.45) is 0 Å². The third-order valence-corrected chi connectivity index (χ3v) is 3.95. The molecule has 0 radical (unpaired) electrons. The Morgan fingerprint density at radius 3 is 3.12 bits per heavy atom. The number of hydrogen-bond donors (Lipinski definition) is 2. The molecule has 0 saturated carbocycles. The Morgan fingerprint density at radius 1 is 1.29 bits per heavy atom. The molecule has 1 amide bonds. The molecule has 7 heteroatoms. The SMILES string of the molecule is C[C@@H](Nc1ncnc2c1NC(=O)CO2)c1cccc2cnccc12. The molecule has 120 valence electrons. The van der Waals surface area contributed by atoms with Crippen LogP contribution in [0, 0.1) is 0 Å². The summed E-state index contributed by atoms with van der Waals surface area (Å²) in [5.41, 5.74) is 1.59. The lowest BCUT2D eigenvalue weighted by molar-refractivity contribution is -0.118. The minimum atomic E-state index is -0.218. The third kappa shape index (κ3) is 2.50. The quantitative estimate of drug-likeness (QED) is 0.770. The van der Waals surface area contributed by atoms with E-state index in [4.69, 9.17) is 4.74 Å². The number of carbonyl (C=O) groups is 1. The van der Waals surface area contributed by atoms with E-state index in [-0.39, 0.29) is 18.6 Å². The van der Waals surface area contributed by atoms with E-state index in [0.29, 0.717) is 17.4 Å². The standard InChI is InChI=1S/C17H15N5O2/c1-10(12-4-2-3-11-7-18-6-5-13(11)12)21-16-15-17(20-9-19-16)24-8-14(23)22-15/h2-7,9-10H,8H2,1H3,(H,22,23)(H,19,20,21)/t10-/m1/s1. The van der Waals surface area contributed by atoms with Gasteiger partial charge in [0.05, 0.1) is 6.04 Å². The molecule has 2 N–H and O–H groups in total. The summed E-state index contributed by atoms with van der Waals surface area (Å²) in [6, 6.07) is 8.04. The van der Waals surface area contributed by atoms with E-state index in [9.17, 15) is 4.79 Å². The third-order valence-electron chi connectivity index (χ3n) is 3.95. The first-order chi connectivity index (χ1) is 11.7. The summed E-state index contributed by atoms with van der Waals surface area (Å²) >= 11 is 0. The van der Waals surface area contributed by atoms with Crippen LogP contribution in [-0.4, -0.2) is 27.5 Å². The lowest BCUT2D eigenvalue weighted by Gasteiger charge is -2.22. The highest BCUT2D eigenvalue weighted by molar-refractivity contribution is 5.98. The van der Waals surface area contributed by atoms with Gasteiger partial charge in [0.1, 0.15) is 12.0 Å². The zero-order valence-corrected chi connectivity index (χ0v) is 13.0. The van der Waals surface area contributed by atoms with E-state index < -0.39 is 0 Å². The molecule has 4 rings (SSSR count). The molecule has 3 aromatic rings. The highest BCUT2D eigenvalue weighted by atomic mass is 16.5. The molecule has 24 heavy (non-hydrogen) atoms. The number of nitrogens with one attached hydrogen (secondary N) is 2. The number of hydrogen-bond acceptors (Lipinski definition) is 6. The molecule has 0 aliphatic carbocycles. The minimum Gasteiger partial charge on any atom is -0.466 e. The number of anilines is 2. The van der Waals surface area contributed by atoms with Crippen LogP contribution in [0.5, 0.6) is 5.88 Å². The number of amides is 1. The normalized spacial score (nSPS) is 14.5. The lowest BCUT2D eigenvalue weighted by atomic mass is 10.0. The van der Waals surface area contributed by atoms with Crippen molar-refractivity contribution in [3.05, 3.63) is 48.5 Å². The van der Waals surface area contributed by atoms with Gasteiger partial charge in [-0.05, 0) is 23.9 Å². The molecule has 1 aromatic carbocycles. The molecule has 0 fully saturated rings. The number of carbonyl (C=O) groups excluding carboxylic acids is 1. The number of benzene rings is 1. The molecule has 0 saturated heterocycles. The van der Waals surface area contributed by atoms with Crippen LogP contribution in [0.1, 0.15) is 18.5 Å². The van der Waals surface area contributed by atoms with Gasteiger partial charge in [0.15, 0.2) is 12.4 Å². The van der Waals surface area contributed by atoms with E-state index in [0.717, 1.165) is 16.3 Å². The number of ether oxygens (including phenoxy) is 1. The van der Waals surface area contributed by atoms with E-state index in [2.05, 4.69) is 31.7 Å². The van der Waals surface area contributed by atoms with E-state index in [1.54, 1.807) is 6.20 Å². The monoisotopic (exact) mass is 321 g/mol. The molecule has 0 spiro atoms. The first-order valence-corrected chi connectivity index (χ1v) is 7.59. The predicted molar refractivity (Wildman–Crippen MR) is 89.9 cm³/mol. The number of pyridine rings is 1. The summed E-state index contributed by atoms with van der Waals surface area (Å²) in [6.45, 7) is 2.00. The van der Waals surface area contributed by atoms with Crippen LogP contribution >= 0.6 is 0 Å². The summed E-state index contributed by atoms with van der Waals surface area (Å²) in [5.74, 6) is 0.692. The summed E-state index contributed by atoms with van der Waals surface area (Å²) in [5, 5.41) is 8.29. The highest BCUT2D eigenvalue weighted by Crippen LogP contribution is 2.34. The van der Waals surface area contributed by atoms with Gasteiger partial charge in [0, 0.05) is 17.8 Å². The Balaban J connectivity index is 1.70. The fraction of sp³-hybridized carbons (Fsp3) is 0.176. The number of rotatable bonds is 3. The Morgan fingerprint density at radius 2 is 2.21 bits per heavy atom. The van der Waals surface area contributed by atoms with Crippen molar-refractivity contribution >= 4 is 28.2 Å².